The van der Waals surface area contributed by atoms with Crippen molar-refractivity contribution in [2.24, 2.45) is 7.05 Å². The fourth-order valence-corrected chi connectivity index (χ4v) is 1.68. The van der Waals surface area contributed by atoms with Crippen molar-refractivity contribution in [2.45, 2.75) is 19.9 Å². The molecule has 2 rings (SSSR count). The third-order valence-corrected chi connectivity index (χ3v) is 2.57. The van der Waals surface area contributed by atoms with Gasteiger partial charge < -0.3 is 5.11 Å². The molecule has 0 radical (unpaired) electrons. The average molecular weight is 235 g/mol. The second-order valence-corrected chi connectivity index (χ2v) is 3.86. The van der Waals surface area contributed by atoms with Crippen LogP contribution in [0.2, 0.25) is 0 Å². The van der Waals surface area contributed by atoms with E-state index in [1.165, 1.54) is 0 Å². The van der Waals surface area contributed by atoms with Crippen LogP contribution in [-0.2, 0) is 11.8 Å². The van der Waals surface area contributed by atoms with Crippen LogP contribution in [0.5, 0.6) is 0 Å². The Kier molecular flexibility index (Phi) is 2.66. The molecule has 1 unspecified atom stereocenters. The second-order valence-electron chi connectivity index (χ2n) is 3.86. The lowest BCUT2D eigenvalue weighted by Crippen LogP contribution is -2.17. The zero-order chi connectivity index (χ0) is 12.6. The lowest BCUT2D eigenvalue weighted by atomic mass is 10.2. The van der Waals surface area contributed by atoms with Crippen molar-refractivity contribution in [3.8, 4) is 11.4 Å². The molecule has 2 aromatic heterocycles. The number of carboxylic acids is 1. The van der Waals surface area contributed by atoms with Gasteiger partial charge in [0.2, 0.25) is 0 Å². The maximum Gasteiger partial charge on any atom is 0.326 e. The molecule has 2 heterocycles. The van der Waals surface area contributed by atoms with Crippen LogP contribution in [0.3, 0.4) is 0 Å². The molecule has 0 spiro atoms. The first kappa shape index (κ1) is 11.3. The highest BCUT2D eigenvalue weighted by Gasteiger charge is 2.21. The first-order valence-corrected chi connectivity index (χ1v) is 5.14. The molecule has 7 nitrogen and oxygen atoms in total. The molecular weight excluding hydrogens is 222 g/mol. The summed E-state index contributed by atoms with van der Waals surface area (Å²) in [5, 5.41) is 21.0. The third kappa shape index (κ3) is 1.91. The highest BCUT2D eigenvalue weighted by atomic mass is 16.4. The van der Waals surface area contributed by atoms with Crippen molar-refractivity contribution in [3.05, 3.63) is 18.2 Å². The molecule has 90 valence electrons. The number of aliphatic carboxylic acids is 1. The largest absolute Gasteiger partial charge is 0.480 e. The first-order chi connectivity index (χ1) is 8.00. The maximum absolute atomic E-state index is 11.0. The number of carbonyl (C=O) groups is 1. The van der Waals surface area contributed by atoms with Crippen LogP contribution in [0.15, 0.2) is 12.4 Å². The molecule has 0 aliphatic heterocycles. The highest BCUT2D eigenvalue weighted by Crippen LogP contribution is 2.21. The molecule has 0 saturated heterocycles. The van der Waals surface area contributed by atoms with Crippen LogP contribution in [0.1, 0.15) is 18.8 Å². The molecule has 0 aliphatic rings. The molecule has 0 saturated carbocycles. The summed E-state index contributed by atoms with van der Waals surface area (Å²) in [6.45, 7) is 3.32. The van der Waals surface area contributed by atoms with Crippen LogP contribution >= 0.6 is 0 Å². The van der Waals surface area contributed by atoms with E-state index in [4.69, 9.17) is 5.11 Å². The van der Waals surface area contributed by atoms with E-state index in [0.29, 0.717) is 11.6 Å². The predicted molar refractivity (Wildman–Crippen MR) is 59.3 cm³/mol. The monoisotopic (exact) mass is 235 g/mol. The molecule has 0 fully saturated rings. The standard InChI is InChI=1S/C10H13N5O2/c1-6(10(16)17)15-7(2)12-13-9(15)8-4-11-14(3)5-8/h4-6H,1-3H3,(H,16,17). The van der Waals surface area contributed by atoms with Gasteiger partial charge in [-0.25, -0.2) is 4.79 Å². The predicted octanol–water partition coefficient (Wildman–Crippen LogP) is 0.633. The molecule has 0 aromatic carbocycles. The van der Waals surface area contributed by atoms with Crippen molar-refractivity contribution < 1.29 is 9.90 Å². The Bertz CT molecular complexity index is 557. The minimum atomic E-state index is -0.918. The van der Waals surface area contributed by atoms with Gasteiger partial charge in [-0.1, -0.05) is 0 Å². The van der Waals surface area contributed by atoms with E-state index in [0.717, 1.165) is 5.56 Å². The van der Waals surface area contributed by atoms with Gasteiger partial charge in [-0.05, 0) is 13.8 Å². The molecule has 1 N–H and O–H groups in total. The summed E-state index contributed by atoms with van der Waals surface area (Å²) in [4.78, 5) is 11.0. The van der Waals surface area contributed by atoms with E-state index in [2.05, 4.69) is 15.3 Å². The number of rotatable bonds is 3. The van der Waals surface area contributed by atoms with E-state index in [-0.39, 0.29) is 0 Å². The van der Waals surface area contributed by atoms with Crippen LogP contribution in [0, 0.1) is 6.92 Å². The van der Waals surface area contributed by atoms with Crippen LogP contribution in [0.4, 0.5) is 0 Å². The van der Waals surface area contributed by atoms with Gasteiger partial charge in [0.25, 0.3) is 0 Å². The van der Waals surface area contributed by atoms with Gasteiger partial charge in [0.1, 0.15) is 11.9 Å². The second kappa shape index (κ2) is 4.00. The Morgan fingerprint density at radius 3 is 2.71 bits per heavy atom. The number of hydrogen-bond donors (Lipinski definition) is 1. The Labute approximate surface area is 97.7 Å². The molecule has 0 aliphatic carbocycles. The number of hydrogen-bond acceptors (Lipinski definition) is 4. The van der Waals surface area contributed by atoms with Gasteiger partial charge in [-0.2, -0.15) is 5.10 Å². The first-order valence-electron chi connectivity index (χ1n) is 5.14. The van der Waals surface area contributed by atoms with E-state index < -0.39 is 12.0 Å². The summed E-state index contributed by atoms with van der Waals surface area (Å²) in [5.74, 6) is 0.169. The normalized spacial score (nSPS) is 12.6. The summed E-state index contributed by atoms with van der Waals surface area (Å²) in [7, 11) is 1.79. The summed E-state index contributed by atoms with van der Waals surface area (Å²) >= 11 is 0. The summed E-state index contributed by atoms with van der Waals surface area (Å²) in [6, 6.07) is -0.708. The molecule has 0 bridgehead atoms. The number of aromatic nitrogens is 5. The Morgan fingerprint density at radius 1 is 1.47 bits per heavy atom. The number of carboxylic acid groups (broad SMARTS) is 1. The summed E-state index contributed by atoms with van der Waals surface area (Å²) in [6.07, 6.45) is 3.41. The Hall–Kier alpha value is -2.18. The van der Waals surface area contributed by atoms with E-state index >= 15 is 0 Å². The Morgan fingerprint density at radius 2 is 2.18 bits per heavy atom. The average Bonchev–Trinajstić information content (AvgIpc) is 2.83. The minimum absolute atomic E-state index is 0.519. The summed E-state index contributed by atoms with van der Waals surface area (Å²) in [5.41, 5.74) is 0.751. The van der Waals surface area contributed by atoms with Crippen molar-refractivity contribution in [2.75, 3.05) is 0 Å². The fourth-order valence-electron chi connectivity index (χ4n) is 1.68. The number of aryl methyl sites for hydroxylation is 2. The zero-order valence-electron chi connectivity index (χ0n) is 9.82. The smallest absolute Gasteiger partial charge is 0.326 e. The van der Waals surface area contributed by atoms with E-state index in [1.54, 1.807) is 42.5 Å². The van der Waals surface area contributed by atoms with Gasteiger partial charge in [-0.3, -0.25) is 9.25 Å². The Balaban J connectivity index is 2.52. The fraction of sp³-hybridized carbons (Fsp3) is 0.400. The quantitative estimate of drug-likeness (QED) is 0.843. The van der Waals surface area contributed by atoms with E-state index in [9.17, 15) is 4.79 Å². The van der Waals surface area contributed by atoms with Gasteiger partial charge in [0, 0.05) is 13.2 Å². The lowest BCUT2D eigenvalue weighted by Gasteiger charge is -2.11. The van der Waals surface area contributed by atoms with Crippen LogP contribution in [-0.4, -0.2) is 35.6 Å². The third-order valence-electron chi connectivity index (χ3n) is 2.57. The van der Waals surface area contributed by atoms with E-state index in [1.807, 2.05) is 0 Å². The van der Waals surface area contributed by atoms with Crippen molar-refractivity contribution in [1.82, 2.24) is 24.5 Å². The van der Waals surface area contributed by atoms with Gasteiger partial charge in [-0.15, -0.1) is 10.2 Å². The van der Waals surface area contributed by atoms with Gasteiger partial charge >= 0.3 is 5.97 Å². The van der Waals surface area contributed by atoms with Crippen LogP contribution < -0.4 is 0 Å². The molecule has 1 atom stereocenters. The van der Waals surface area contributed by atoms with Crippen molar-refractivity contribution in [1.29, 1.82) is 0 Å². The van der Waals surface area contributed by atoms with Crippen molar-refractivity contribution in [3.63, 3.8) is 0 Å². The molecule has 0 amide bonds. The van der Waals surface area contributed by atoms with Crippen LogP contribution in [0.25, 0.3) is 11.4 Å². The molecule has 17 heavy (non-hydrogen) atoms. The van der Waals surface area contributed by atoms with Gasteiger partial charge in [0.15, 0.2) is 5.82 Å². The maximum atomic E-state index is 11.0. The van der Waals surface area contributed by atoms with Gasteiger partial charge in [0.05, 0.1) is 11.8 Å². The zero-order valence-corrected chi connectivity index (χ0v) is 9.82. The van der Waals surface area contributed by atoms with Crippen molar-refractivity contribution >= 4 is 5.97 Å². The minimum Gasteiger partial charge on any atom is -0.480 e. The molecule has 7 heteroatoms. The molecule has 2 aromatic rings. The number of nitrogens with zero attached hydrogens (tertiary/aromatic N) is 5. The highest BCUT2D eigenvalue weighted by molar-refractivity contribution is 5.72. The topological polar surface area (TPSA) is 85.8 Å². The summed E-state index contributed by atoms with van der Waals surface area (Å²) < 4.78 is 3.22. The molecular formula is C10H13N5O2. The SMILES string of the molecule is Cc1nnc(-c2cnn(C)c2)n1C(C)C(=O)O. The lowest BCUT2D eigenvalue weighted by molar-refractivity contribution is -0.140.